The maximum absolute atomic E-state index is 14.1. The Morgan fingerprint density at radius 3 is 2.58 bits per heavy atom. The highest BCUT2D eigenvalue weighted by atomic mass is 35.5. The van der Waals surface area contributed by atoms with Crippen LogP contribution in [-0.4, -0.2) is 98.0 Å². The zero-order valence-electron chi connectivity index (χ0n) is 29.8. The summed E-state index contributed by atoms with van der Waals surface area (Å²) in [6.45, 7) is 15.5. The number of nitrogens with zero attached hydrogens (tertiary/aromatic N) is 2. The number of ether oxygens (including phenoxy) is 5. The third kappa shape index (κ3) is 7.86. The largest absolute Gasteiger partial charge is 0.495 e. The number of halogens is 1. The second-order valence-corrected chi connectivity index (χ2v) is 14.2. The van der Waals surface area contributed by atoms with Crippen LogP contribution in [0, 0.1) is 5.92 Å². The van der Waals surface area contributed by atoms with Crippen LogP contribution in [0.2, 0.25) is 5.02 Å². The molecule has 0 aliphatic carbocycles. The summed E-state index contributed by atoms with van der Waals surface area (Å²) in [5.74, 6) is -0.456. The summed E-state index contributed by atoms with van der Waals surface area (Å²) in [6, 6.07) is 3.22. The van der Waals surface area contributed by atoms with Crippen molar-refractivity contribution in [3.8, 4) is 5.75 Å². The number of rotatable bonds is 6. The molecular formula is C36H52ClN3O8. The summed E-state index contributed by atoms with van der Waals surface area (Å²) in [6.07, 6.45) is 3.40. The van der Waals surface area contributed by atoms with Crippen molar-refractivity contribution < 1.29 is 38.4 Å². The van der Waals surface area contributed by atoms with E-state index in [9.17, 15) is 14.7 Å². The zero-order chi connectivity index (χ0) is 35.7. The van der Waals surface area contributed by atoms with Gasteiger partial charge in [-0.1, -0.05) is 42.3 Å². The lowest BCUT2D eigenvalue weighted by Gasteiger charge is -2.44. The number of epoxide rings is 1. The molecule has 4 rings (SSSR count). The number of aliphatic hydroxyl groups is 1. The summed E-state index contributed by atoms with van der Waals surface area (Å²) in [5, 5.41) is 15.1. The Bertz CT molecular complexity index is 1450. The number of fused-ring (bicyclic) bond motifs is 5. The molecule has 3 aliphatic heterocycles. The minimum atomic E-state index is -1.53. The van der Waals surface area contributed by atoms with Gasteiger partial charge in [0.2, 0.25) is 5.91 Å². The van der Waals surface area contributed by atoms with Crippen molar-refractivity contribution in [3.05, 3.63) is 59.0 Å². The highest BCUT2D eigenvalue weighted by molar-refractivity contribution is 6.35. The lowest BCUT2D eigenvalue weighted by atomic mass is 9.83. The van der Waals surface area contributed by atoms with E-state index in [-0.39, 0.29) is 36.6 Å². The number of methoxy groups -OCH3 is 2. The molecule has 2 saturated heterocycles. The molecule has 0 spiro atoms. The second-order valence-electron chi connectivity index (χ2n) is 13.8. The fraction of sp³-hybridized carbons (Fsp3) is 0.611. The van der Waals surface area contributed by atoms with Gasteiger partial charge in [-0.05, 0) is 72.4 Å². The van der Waals surface area contributed by atoms with Gasteiger partial charge in [-0.3, -0.25) is 14.5 Å². The third-order valence-corrected chi connectivity index (χ3v) is 10.4. The molecule has 4 bridgehead atoms. The van der Waals surface area contributed by atoms with Crippen molar-refractivity contribution in [3.63, 3.8) is 0 Å². The van der Waals surface area contributed by atoms with E-state index in [2.05, 4.69) is 11.9 Å². The predicted molar refractivity (Wildman–Crippen MR) is 185 cm³/mol. The molecule has 12 heteroatoms. The van der Waals surface area contributed by atoms with Crippen molar-refractivity contribution in [2.75, 3.05) is 33.2 Å². The van der Waals surface area contributed by atoms with E-state index in [4.69, 9.17) is 35.3 Å². The van der Waals surface area contributed by atoms with Gasteiger partial charge in [0.1, 0.15) is 40.7 Å². The van der Waals surface area contributed by atoms with E-state index in [1.54, 1.807) is 20.0 Å². The van der Waals surface area contributed by atoms with Crippen LogP contribution in [0.25, 0.3) is 0 Å². The molecule has 1 amide bonds. The SMILES string of the molecule is C=C1N[C@]2(O)C[C@H](O1)[C@@H](C)[C@@H]1O[C@@]1(C)[C@@H](OC(=O)[C@H](C)N(C)C(C)C)CC(=O)N(C)c1cc(cc(OC)c1Cl)C/C(C)=C/C=C/[C@H]2OC. The molecule has 1 aromatic rings. The molecule has 1 aromatic carbocycles. The van der Waals surface area contributed by atoms with Gasteiger partial charge < -0.3 is 39.0 Å². The number of hydrogen-bond donors (Lipinski definition) is 2. The number of nitrogens with one attached hydrogen (secondary N) is 1. The molecule has 0 radical (unpaired) electrons. The number of allylic oxidation sites excluding steroid dienone is 3. The molecule has 0 saturated carbocycles. The van der Waals surface area contributed by atoms with Crippen LogP contribution in [0.1, 0.15) is 59.9 Å². The first-order valence-corrected chi connectivity index (χ1v) is 16.8. The number of amides is 1. The maximum atomic E-state index is 14.1. The van der Waals surface area contributed by atoms with Gasteiger partial charge in [-0.15, -0.1) is 0 Å². The summed E-state index contributed by atoms with van der Waals surface area (Å²) >= 11 is 6.76. The molecule has 2 fully saturated rings. The van der Waals surface area contributed by atoms with Crippen LogP contribution >= 0.6 is 11.6 Å². The maximum Gasteiger partial charge on any atom is 0.323 e. The van der Waals surface area contributed by atoms with Gasteiger partial charge in [0.25, 0.3) is 0 Å². The van der Waals surface area contributed by atoms with Crippen molar-refractivity contribution in [2.45, 2.75) is 109 Å². The molecule has 2 N–H and O–H groups in total. The Balaban J connectivity index is 1.79. The van der Waals surface area contributed by atoms with E-state index >= 15 is 0 Å². The van der Waals surface area contributed by atoms with Crippen LogP contribution in [-0.2, 0) is 35.0 Å². The van der Waals surface area contributed by atoms with Gasteiger partial charge in [-0.25, -0.2) is 0 Å². The molecule has 3 aliphatic rings. The third-order valence-electron chi connectivity index (χ3n) is 10.0. The Labute approximate surface area is 289 Å². The van der Waals surface area contributed by atoms with Crippen molar-refractivity contribution in [1.29, 1.82) is 0 Å². The first-order valence-electron chi connectivity index (χ1n) is 16.4. The van der Waals surface area contributed by atoms with Gasteiger partial charge in [0.15, 0.2) is 11.6 Å². The molecule has 3 heterocycles. The van der Waals surface area contributed by atoms with E-state index in [0.717, 1.165) is 11.1 Å². The smallest absolute Gasteiger partial charge is 0.323 e. The fourth-order valence-corrected chi connectivity index (χ4v) is 6.88. The number of likely N-dealkylation sites (N-methyl/N-ethyl adjacent to an activating group) is 1. The highest BCUT2D eigenvalue weighted by Gasteiger charge is 2.64. The lowest BCUT2D eigenvalue weighted by Crippen LogP contribution is -2.60. The number of carbonyl (C=O) groups excluding carboxylic acids is 2. The standard InChI is InChI=1S/C36H52ClN3O8/c1-20(2)39(8)23(5)34(42)47-30-18-31(41)40(9)26-16-25(17-27(44-10)32(26)37)15-21(3)13-12-14-29(45-11)36(43)19-28(46-24(6)38-36)22(4)33-35(30,7)48-33/h12-14,16-17,20,22-23,28-30,33,38,43H,6,15,18-19H2,1-5,7-11H3/b14-12+,21-13+/t22-,23+,28+,29-,30+,33+,35+,36+/m1/s1. The van der Waals surface area contributed by atoms with Crippen LogP contribution in [0.15, 0.2) is 48.4 Å². The Kier molecular flexibility index (Phi) is 11.6. The fourth-order valence-electron chi connectivity index (χ4n) is 6.57. The molecular weight excluding hydrogens is 638 g/mol. The first-order chi connectivity index (χ1) is 22.4. The van der Waals surface area contributed by atoms with Gasteiger partial charge in [0.05, 0.1) is 25.3 Å². The van der Waals surface area contributed by atoms with E-state index in [1.807, 2.05) is 70.9 Å². The van der Waals surface area contributed by atoms with Gasteiger partial charge in [0, 0.05) is 32.5 Å². The molecule has 11 nitrogen and oxygen atoms in total. The van der Waals surface area contributed by atoms with Crippen molar-refractivity contribution in [2.24, 2.45) is 5.92 Å². The van der Waals surface area contributed by atoms with Gasteiger partial charge >= 0.3 is 5.97 Å². The number of hydrogen-bond acceptors (Lipinski definition) is 10. The zero-order valence-corrected chi connectivity index (χ0v) is 30.6. The Morgan fingerprint density at radius 2 is 1.96 bits per heavy atom. The first kappa shape index (κ1) is 37.7. The van der Waals surface area contributed by atoms with E-state index < -0.39 is 47.8 Å². The topological polar surface area (TPSA) is 122 Å². The van der Waals surface area contributed by atoms with Crippen LogP contribution in [0.4, 0.5) is 5.69 Å². The van der Waals surface area contributed by atoms with Crippen molar-refractivity contribution in [1.82, 2.24) is 10.2 Å². The summed E-state index contributed by atoms with van der Waals surface area (Å²) in [5.41, 5.74) is -0.212. The average Bonchev–Trinajstić information content (AvgIpc) is 3.73. The molecule has 0 aromatic heterocycles. The quantitative estimate of drug-likeness (QED) is 0.320. The number of benzene rings is 1. The minimum Gasteiger partial charge on any atom is -0.495 e. The summed E-state index contributed by atoms with van der Waals surface area (Å²) in [4.78, 5) is 31.0. The van der Waals surface area contributed by atoms with Crippen LogP contribution in [0.5, 0.6) is 5.75 Å². The molecule has 266 valence electrons. The Morgan fingerprint density at radius 1 is 1.27 bits per heavy atom. The second kappa shape index (κ2) is 14.8. The Hall–Kier alpha value is -3.09. The summed E-state index contributed by atoms with van der Waals surface area (Å²) < 4.78 is 29.9. The monoisotopic (exact) mass is 689 g/mol. The lowest BCUT2D eigenvalue weighted by molar-refractivity contribution is -0.160. The predicted octanol–water partition coefficient (Wildman–Crippen LogP) is 4.75. The van der Waals surface area contributed by atoms with Crippen molar-refractivity contribution >= 4 is 29.2 Å². The number of anilines is 1. The number of carbonyl (C=O) groups is 2. The van der Waals surface area contributed by atoms with Crippen LogP contribution in [0.3, 0.4) is 0 Å². The minimum absolute atomic E-state index is 0.0906. The molecule has 48 heavy (non-hydrogen) atoms. The normalized spacial score (nSPS) is 33.6. The molecule has 0 unspecified atom stereocenters. The highest BCUT2D eigenvalue weighted by Crippen LogP contribution is 2.49. The summed E-state index contributed by atoms with van der Waals surface area (Å²) in [7, 11) is 6.56. The number of esters is 1. The van der Waals surface area contributed by atoms with E-state index in [1.165, 1.54) is 19.1 Å². The van der Waals surface area contributed by atoms with Gasteiger partial charge in [-0.2, -0.15) is 0 Å². The van der Waals surface area contributed by atoms with Crippen LogP contribution < -0.4 is 15.0 Å². The average molecular weight is 690 g/mol. The van der Waals surface area contributed by atoms with E-state index in [0.29, 0.717) is 22.9 Å². The molecule has 8 atom stereocenters.